The summed E-state index contributed by atoms with van der Waals surface area (Å²) in [5, 5.41) is 0. The van der Waals surface area contributed by atoms with Crippen LogP contribution in [0.2, 0.25) is 0 Å². The first-order valence-corrected chi connectivity index (χ1v) is 6.79. The summed E-state index contributed by atoms with van der Waals surface area (Å²) in [6.45, 7) is -1.52. The van der Waals surface area contributed by atoms with Crippen LogP contribution in [0, 0.1) is 0 Å². The van der Waals surface area contributed by atoms with E-state index in [1.807, 2.05) is 0 Å². The van der Waals surface area contributed by atoms with E-state index in [4.69, 9.17) is 10.5 Å². The van der Waals surface area contributed by atoms with Crippen LogP contribution in [0.1, 0.15) is 10.5 Å². The lowest BCUT2D eigenvalue weighted by Gasteiger charge is -2.11. The first-order valence-electron chi connectivity index (χ1n) is 6.79. The Morgan fingerprint density at radius 2 is 1.88 bits per heavy atom. The van der Waals surface area contributed by atoms with Gasteiger partial charge in [-0.1, -0.05) is 0 Å². The quantitative estimate of drug-likeness (QED) is 0.752. The molecule has 3 rings (SSSR count). The average Bonchev–Trinajstić information content (AvgIpc) is 2.97. The molecule has 3 aromatic rings. The number of ether oxygens (including phenoxy) is 2. The zero-order valence-electron chi connectivity index (χ0n) is 12.4. The maximum Gasteiger partial charge on any atom is 0.422 e. The lowest BCUT2D eigenvalue weighted by Crippen LogP contribution is -2.20. The lowest BCUT2D eigenvalue weighted by atomic mass is 10.4. The van der Waals surface area contributed by atoms with Crippen molar-refractivity contribution in [2.45, 2.75) is 6.18 Å². The fourth-order valence-corrected chi connectivity index (χ4v) is 1.89. The van der Waals surface area contributed by atoms with Gasteiger partial charge in [0.15, 0.2) is 6.61 Å². The maximum atomic E-state index is 12.3. The maximum absolute atomic E-state index is 12.3. The topological polar surface area (TPSA) is 105 Å². The van der Waals surface area contributed by atoms with Crippen LogP contribution in [0.15, 0.2) is 36.9 Å². The number of aromatic nitrogens is 4. The minimum Gasteiger partial charge on any atom is -0.464 e. The number of amides is 1. The molecule has 11 heteroatoms. The fourth-order valence-electron chi connectivity index (χ4n) is 1.89. The zero-order chi connectivity index (χ0) is 18.0. The van der Waals surface area contributed by atoms with Crippen LogP contribution in [0.3, 0.4) is 0 Å². The molecule has 0 fully saturated rings. The van der Waals surface area contributed by atoms with Crippen LogP contribution in [0.5, 0.6) is 17.5 Å². The fraction of sp³-hybridized carbons (Fsp3) is 0.143. The normalized spacial score (nSPS) is 11.5. The van der Waals surface area contributed by atoms with Crippen molar-refractivity contribution >= 4 is 11.6 Å². The molecule has 0 aliphatic heterocycles. The van der Waals surface area contributed by atoms with Gasteiger partial charge in [-0.2, -0.15) is 13.2 Å². The van der Waals surface area contributed by atoms with Crippen molar-refractivity contribution < 1.29 is 27.4 Å². The average molecular weight is 353 g/mol. The van der Waals surface area contributed by atoms with Gasteiger partial charge in [0, 0.05) is 18.6 Å². The van der Waals surface area contributed by atoms with E-state index >= 15 is 0 Å². The van der Waals surface area contributed by atoms with Gasteiger partial charge in [0.1, 0.15) is 17.1 Å². The third-order valence-electron chi connectivity index (χ3n) is 2.90. The van der Waals surface area contributed by atoms with Crippen molar-refractivity contribution in [3.8, 4) is 17.5 Å². The van der Waals surface area contributed by atoms with Crippen LogP contribution < -0.4 is 15.2 Å². The van der Waals surface area contributed by atoms with Crippen LogP contribution in [0.25, 0.3) is 5.65 Å². The second-order valence-corrected chi connectivity index (χ2v) is 4.79. The molecule has 2 N–H and O–H groups in total. The van der Waals surface area contributed by atoms with E-state index in [1.54, 1.807) is 0 Å². The Morgan fingerprint density at radius 1 is 1.16 bits per heavy atom. The van der Waals surface area contributed by atoms with Crippen molar-refractivity contribution in [2.75, 3.05) is 6.61 Å². The Hall–Kier alpha value is -3.37. The van der Waals surface area contributed by atoms with Crippen molar-refractivity contribution in [3.63, 3.8) is 0 Å². The highest BCUT2D eigenvalue weighted by Gasteiger charge is 2.29. The molecule has 0 unspecified atom stereocenters. The molecule has 0 saturated carbocycles. The van der Waals surface area contributed by atoms with E-state index in [0.717, 1.165) is 0 Å². The molecule has 1 amide bonds. The third kappa shape index (κ3) is 3.94. The molecule has 3 aromatic heterocycles. The molecule has 0 bridgehead atoms. The number of carbonyl (C=O) groups is 1. The molecule has 8 nitrogen and oxygen atoms in total. The van der Waals surface area contributed by atoms with Gasteiger partial charge in [0.25, 0.3) is 17.7 Å². The number of nitrogens with zero attached hydrogens (tertiary/aromatic N) is 4. The Bertz CT molecular complexity index is 925. The third-order valence-corrected chi connectivity index (χ3v) is 2.90. The minimum absolute atomic E-state index is 0.0610. The highest BCUT2D eigenvalue weighted by Crippen LogP contribution is 2.28. The largest absolute Gasteiger partial charge is 0.464 e. The van der Waals surface area contributed by atoms with Gasteiger partial charge in [-0.15, -0.1) is 0 Å². The summed E-state index contributed by atoms with van der Waals surface area (Å²) in [6, 6.07) is 3.03. The van der Waals surface area contributed by atoms with Crippen LogP contribution in [0.4, 0.5) is 13.2 Å². The molecule has 3 heterocycles. The summed E-state index contributed by atoms with van der Waals surface area (Å²) in [4.78, 5) is 22.6. The molecule has 0 spiro atoms. The summed E-state index contributed by atoms with van der Waals surface area (Å²) < 4.78 is 48.3. The number of carbonyl (C=O) groups excluding carboxylic acids is 1. The van der Waals surface area contributed by atoms with Crippen molar-refractivity contribution in [3.05, 3.63) is 42.6 Å². The SMILES string of the molecule is NC(=O)c1cn2cc(Oc3nccnc3OCC(F)(F)F)ccc2n1. The van der Waals surface area contributed by atoms with E-state index < -0.39 is 24.6 Å². The number of rotatable bonds is 5. The van der Waals surface area contributed by atoms with Gasteiger partial charge in [-0.25, -0.2) is 15.0 Å². The van der Waals surface area contributed by atoms with Crippen molar-refractivity contribution in [2.24, 2.45) is 5.73 Å². The van der Waals surface area contributed by atoms with Crippen LogP contribution in [-0.4, -0.2) is 38.0 Å². The summed E-state index contributed by atoms with van der Waals surface area (Å²) in [6.07, 6.45) is 0.752. The Morgan fingerprint density at radius 3 is 2.56 bits per heavy atom. The number of hydrogen-bond acceptors (Lipinski definition) is 6. The van der Waals surface area contributed by atoms with E-state index in [2.05, 4.69) is 19.7 Å². The summed E-state index contributed by atoms with van der Waals surface area (Å²) in [5.41, 5.74) is 5.65. The Labute approximate surface area is 138 Å². The number of fused-ring (bicyclic) bond motifs is 1. The second kappa shape index (κ2) is 6.26. The predicted molar refractivity (Wildman–Crippen MR) is 77.4 cm³/mol. The summed E-state index contributed by atoms with van der Waals surface area (Å²) in [5.74, 6) is -1.11. The van der Waals surface area contributed by atoms with Crippen molar-refractivity contribution in [1.29, 1.82) is 0 Å². The van der Waals surface area contributed by atoms with Gasteiger partial charge < -0.3 is 19.6 Å². The molecule has 0 radical (unpaired) electrons. The monoisotopic (exact) mass is 353 g/mol. The number of halogens is 3. The number of hydrogen-bond donors (Lipinski definition) is 1. The standard InChI is InChI=1S/C14H10F3N5O3/c15-14(16,17)7-24-12-13(20-4-3-19-12)25-8-1-2-10-21-9(11(18)23)6-22(10)5-8/h1-6H,7H2,(H2,18,23). The first-order chi connectivity index (χ1) is 11.8. The minimum atomic E-state index is -4.52. The zero-order valence-corrected chi connectivity index (χ0v) is 12.4. The first kappa shape index (κ1) is 16.5. The van der Waals surface area contributed by atoms with Crippen LogP contribution in [-0.2, 0) is 0 Å². The molecule has 0 atom stereocenters. The molecule has 0 aromatic carbocycles. The number of alkyl halides is 3. The molecule has 0 aliphatic carbocycles. The highest BCUT2D eigenvalue weighted by molar-refractivity contribution is 5.91. The summed E-state index contributed by atoms with van der Waals surface area (Å²) in [7, 11) is 0. The molecular weight excluding hydrogens is 343 g/mol. The predicted octanol–water partition coefficient (Wildman–Crippen LogP) is 1.96. The molecule has 0 saturated heterocycles. The highest BCUT2D eigenvalue weighted by atomic mass is 19.4. The molecule has 25 heavy (non-hydrogen) atoms. The van der Waals surface area contributed by atoms with E-state index in [9.17, 15) is 18.0 Å². The number of imidazole rings is 1. The Balaban J connectivity index is 1.84. The number of pyridine rings is 1. The second-order valence-electron chi connectivity index (χ2n) is 4.79. The van der Waals surface area contributed by atoms with Crippen molar-refractivity contribution in [1.82, 2.24) is 19.4 Å². The van der Waals surface area contributed by atoms with Crippen LogP contribution >= 0.6 is 0 Å². The lowest BCUT2D eigenvalue weighted by molar-refractivity contribution is -0.154. The van der Waals surface area contributed by atoms with E-state index in [-0.39, 0.29) is 17.3 Å². The molecule has 0 aliphatic rings. The number of nitrogens with two attached hydrogens (primary N) is 1. The molecular formula is C14H10F3N5O3. The van der Waals surface area contributed by atoms with Gasteiger partial charge in [-0.3, -0.25) is 4.79 Å². The van der Waals surface area contributed by atoms with E-state index in [1.165, 1.54) is 41.3 Å². The summed E-state index contributed by atoms with van der Waals surface area (Å²) >= 11 is 0. The van der Waals surface area contributed by atoms with Gasteiger partial charge in [0.2, 0.25) is 0 Å². The molecule has 130 valence electrons. The van der Waals surface area contributed by atoms with E-state index in [0.29, 0.717) is 5.65 Å². The smallest absolute Gasteiger partial charge is 0.422 e. The van der Waals surface area contributed by atoms with Gasteiger partial charge in [-0.05, 0) is 12.1 Å². The number of primary amides is 1. The Kier molecular flexibility index (Phi) is 4.13. The van der Waals surface area contributed by atoms with Gasteiger partial charge in [0.05, 0.1) is 6.20 Å². The van der Waals surface area contributed by atoms with Gasteiger partial charge >= 0.3 is 6.18 Å².